The molecule has 2 rings (SSSR count). The molecule has 0 aliphatic carbocycles. The topological polar surface area (TPSA) is 28.4 Å². The first-order valence-electron chi connectivity index (χ1n) is 7.38. The van der Waals surface area contributed by atoms with Gasteiger partial charge in [0.15, 0.2) is 0 Å². The summed E-state index contributed by atoms with van der Waals surface area (Å²) in [7, 11) is 2.08. The minimum atomic E-state index is 0.781. The van der Waals surface area contributed by atoms with Crippen LogP contribution in [0.1, 0.15) is 30.4 Å². The molecule has 21 heavy (non-hydrogen) atoms. The largest absolute Gasteiger partial charge is 0.463 e. The molecule has 0 bridgehead atoms. The number of nitrogens with one attached hydrogen (secondary N) is 1. The van der Waals surface area contributed by atoms with E-state index >= 15 is 0 Å². The van der Waals surface area contributed by atoms with Gasteiger partial charge in [0, 0.05) is 11.6 Å². The van der Waals surface area contributed by atoms with Crippen molar-refractivity contribution in [3.63, 3.8) is 0 Å². The summed E-state index contributed by atoms with van der Waals surface area (Å²) in [5.74, 6) is 1.99. The Morgan fingerprint density at radius 2 is 1.95 bits per heavy atom. The average Bonchev–Trinajstić information content (AvgIpc) is 2.86. The average molecular weight is 307 g/mol. The second-order valence-electron chi connectivity index (χ2n) is 5.35. The lowest BCUT2D eigenvalue weighted by Crippen LogP contribution is -2.17. The van der Waals surface area contributed by atoms with Crippen LogP contribution < -0.4 is 5.32 Å². The molecule has 3 nitrogen and oxygen atoms in total. The molecule has 0 saturated heterocycles. The van der Waals surface area contributed by atoms with Gasteiger partial charge in [0.05, 0.1) is 13.1 Å². The fourth-order valence-corrected chi connectivity index (χ4v) is 2.47. The van der Waals surface area contributed by atoms with Gasteiger partial charge >= 0.3 is 0 Å². The Morgan fingerprint density at radius 1 is 1.14 bits per heavy atom. The number of hydrogen-bond acceptors (Lipinski definition) is 3. The number of halogens is 1. The molecule has 0 atom stereocenters. The maximum Gasteiger partial charge on any atom is 0.118 e. The van der Waals surface area contributed by atoms with Crippen molar-refractivity contribution in [2.45, 2.75) is 33.0 Å². The number of benzene rings is 1. The molecule has 0 fully saturated rings. The lowest BCUT2D eigenvalue weighted by molar-refractivity contribution is 0.282. The van der Waals surface area contributed by atoms with Gasteiger partial charge in [-0.2, -0.15) is 0 Å². The standard InChI is InChI=1S/C17H23ClN2O/c1-3-9-19-11-16-7-8-17(21-16)13-20(2)12-14-5-4-6-15(18)10-14/h4-8,10,19H,3,9,11-13H2,1-2H3. The van der Waals surface area contributed by atoms with Crippen molar-refractivity contribution in [3.05, 3.63) is 58.5 Å². The molecule has 0 aliphatic heterocycles. The highest BCUT2D eigenvalue weighted by atomic mass is 35.5. The highest BCUT2D eigenvalue weighted by molar-refractivity contribution is 6.30. The molecule has 0 spiro atoms. The van der Waals surface area contributed by atoms with Crippen LogP contribution in [0.25, 0.3) is 0 Å². The Kier molecular flexibility index (Phi) is 6.30. The van der Waals surface area contributed by atoms with Crippen LogP contribution in [0.4, 0.5) is 0 Å². The van der Waals surface area contributed by atoms with E-state index in [-0.39, 0.29) is 0 Å². The molecule has 0 amide bonds. The number of furan rings is 1. The fraction of sp³-hybridized carbons (Fsp3) is 0.412. The van der Waals surface area contributed by atoms with E-state index in [2.05, 4.69) is 36.3 Å². The van der Waals surface area contributed by atoms with E-state index < -0.39 is 0 Å². The molecule has 4 heteroatoms. The second-order valence-corrected chi connectivity index (χ2v) is 5.78. The Balaban J connectivity index is 1.83. The lowest BCUT2D eigenvalue weighted by Gasteiger charge is -2.15. The van der Waals surface area contributed by atoms with E-state index in [0.29, 0.717) is 0 Å². The first-order valence-corrected chi connectivity index (χ1v) is 7.76. The Morgan fingerprint density at radius 3 is 2.71 bits per heavy atom. The van der Waals surface area contributed by atoms with Gasteiger partial charge in [0.2, 0.25) is 0 Å². The zero-order valence-corrected chi connectivity index (χ0v) is 13.5. The number of nitrogens with zero attached hydrogens (tertiary/aromatic N) is 1. The van der Waals surface area contributed by atoms with E-state index in [1.165, 1.54) is 5.56 Å². The Bertz CT molecular complexity index is 553. The number of rotatable bonds is 8. The van der Waals surface area contributed by atoms with Crippen molar-refractivity contribution in [1.29, 1.82) is 0 Å². The van der Waals surface area contributed by atoms with Crippen LogP contribution in [0.2, 0.25) is 5.02 Å². The van der Waals surface area contributed by atoms with Gasteiger partial charge < -0.3 is 9.73 Å². The van der Waals surface area contributed by atoms with Crippen molar-refractivity contribution in [2.75, 3.05) is 13.6 Å². The van der Waals surface area contributed by atoms with Crippen LogP contribution in [0.3, 0.4) is 0 Å². The molecular weight excluding hydrogens is 284 g/mol. The predicted octanol–water partition coefficient (Wildman–Crippen LogP) is 4.06. The van der Waals surface area contributed by atoms with E-state index in [9.17, 15) is 0 Å². The summed E-state index contributed by atoms with van der Waals surface area (Å²) in [6, 6.07) is 12.1. The van der Waals surface area contributed by atoms with Crippen LogP contribution in [-0.4, -0.2) is 18.5 Å². The Labute approximate surface area is 131 Å². The molecule has 0 saturated carbocycles. The quantitative estimate of drug-likeness (QED) is 0.745. The SMILES string of the molecule is CCCNCc1ccc(CN(C)Cc2cccc(Cl)c2)o1. The molecule has 1 aromatic heterocycles. The van der Waals surface area contributed by atoms with Gasteiger partial charge in [-0.1, -0.05) is 30.7 Å². The molecule has 0 radical (unpaired) electrons. The van der Waals surface area contributed by atoms with Crippen molar-refractivity contribution in [1.82, 2.24) is 10.2 Å². The third kappa shape index (κ3) is 5.54. The Hall–Kier alpha value is -1.29. The summed E-state index contributed by atoms with van der Waals surface area (Å²) < 4.78 is 5.83. The predicted molar refractivity (Wildman–Crippen MR) is 87.3 cm³/mol. The van der Waals surface area contributed by atoms with Crippen molar-refractivity contribution < 1.29 is 4.42 Å². The van der Waals surface area contributed by atoms with Gasteiger partial charge in [-0.25, -0.2) is 0 Å². The summed E-state index contributed by atoms with van der Waals surface area (Å²) in [6.45, 7) is 5.62. The van der Waals surface area contributed by atoms with E-state index in [1.54, 1.807) is 0 Å². The normalized spacial score (nSPS) is 11.2. The first kappa shape index (κ1) is 16.1. The van der Waals surface area contributed by atoms with Crippen LogP contribution >= 0.6 is 11.6 Å². The summed E-state index contributed by atoms with van der Waals surface area (Å²) in [5, 5.41) is 4.12. The van der Waals surface area contributed by atoms with Crippen molar-refractivity contribution in [3.8, 4) is 0 Å². The smallest absolute Gasteiger partial charge is 0.118 e. The molecular formula is C17H23ClN2O. The molecule has 1 heterocycles. The minimum Gasteiger partial charge on any atom is -0.463 e. The third-order valence-corrected chi connectivity index (χ3v) is 3.45. The van der Waals surface area contributed by atoms with Gasteiger partial charge in [0.1, 0.15) is 11.5 Å². The summed E-state index contributed by atoms with van der Waals surface area (Å²) in [6.07, 6.45) is 1.13. The van der Waals surface area contributed by atoms with E-state index in [0.717, 1.165) is 49.1 Å². The first-order chi connectivity index (χ1) is 10.2. The van der Waals surface area contributed by atoms with E-state index in [1.807, 2.05) is 24.3 Å². The maximum atomic E-state index is 6.01. The second kappa shape index (κ2) is 8.23. The van der Waals surface area contributed by atoms with Gasteiger partial charge in [0.25, 0.3) is 0 Å². The third-order valence-electron chi connectivity index (χ3n) is 3.21. The van der Waals surface area contributed by atoms with Crippen molar-refractivity contribution >= 4 is 11.6 Å². The van der Waals surface area contributed by atoms with E-state index in [4.69, 9.17) is 16.0 Å². The van der Waals surface area contributed by atoms with Crippen molar-refractivity contribution in [2.24, 2.45) is 0 Å². The van der Waals surface area contributed by atoms with Crippen LogP contribution in [0.15, 0.2) is 40.8 Å². The highest BCUT2D eigenvalue weighted by Gasteiger charge is 2.06. The fourth-order valence-electron chi connectivity index (χ4n) is 2.26. The zero-order chi connectivity index (χ0) is 15.1. The van der Waals surface area contributed by atoms with Gasteiger partial charge in [-0.05, 0) is 49.8 Å². The maximum absolute atomic E-state index is 6.01. The lowest BCUT2D eigenvalue weighted by atomic mass is 10.2. The van der Waals surface area contributed by atoms with Gasteiger partial charge in [-0.15, -0.1) is 0 Å². The zero-order valence-electron chi connectivity index (χ0n) is 12.7. The molecule has 1 aromatic carbocycles. The molecule has 0 aliphatic rings. The van der Waals surface area contributed by atoms with Crippen LogP contribution in [0.5, 0.6) is 0 Å². The highest BCUT2D eigenvalue weighted by Crippen LogP contribution is 2.15. The monoisotopic (exact) mass is 306 g/mol. The van der Waals surface area contributed by atoms with Gasteiger partial charge in [-0.3, -0.25) is 4.90 Å². The number of hydrogen-bond donors (Lipinski definition) is 1. The summed E-state index contributed by atoms with van der Waals surface area (Å²) >= 11 is 6.01. The molecule has 114 valence electrons. The molecule has 2 aromatic rings. The summed E-state index contributed by atoms with van der Waals surface area (Å²) in [4.78, 5) is 2.22. The molecule has 0 unspecified atom stereocenters. The van der Waals surface area contributed by atoms with Crippen LogP contribution in [0, 0.1) is 0 Å². The summed E-state index contributed by atoms with van der Waals surface area (Å²) in [5.41, 5.74) is 1.21. The molecule has 1 N–H and O–H groups in total. The van der Waals surface area contributed by atoms with Crippen LogP contribution in [-0.2, 0) is 19.6 Å². The minimum absolute atomic E-state index is 0.781.